The van der Waals surface area contributed by atoms with Gasteiger partial charge < -0.3 is 10.1 Å². The molecule has 1 heterocycles. The maximum atomic E-state index is 12.2. The molecule has 1 saturated carbocycles. The first-order valence-corrected chi connectivity index (χ1v) is 8.77. The van der Waals surface area contributed by atoms with Crippen LogP contribution in [0.25, 0.3) is 0 Å². The summed E-state index contributed by atoms with van der Waals surface area (Å²) in [6, 6.07) is 0.906. The van der Waals surface area contributed by atoms with Crippen LogP contribution in [-0.4, -0.2) is 39.1 Å². The van der Waals surface area contributed by atoms with Crippen molar-refractivity contribution in [2.45, 2.75) is 36.1 Å². The van der Waals surface area contributed by atoms with Crippen LogP contribution in [0.1, 0.15) is 19.8 Å². The number of anilines is 1. The number of nitrogens with one attached hydrogen (secondary N) is 2. The molecular formula is C11H17N3O5S2. The van der Waals surface area contributed by atoms with Gasteiger partial charge in [0.1, 0.15) is 4.21 Å². The van der Waals surface area contributed by atoms with Crippen molar-refractivity contribution in [1.82, 2.24) is 4.72 Å². The van der Waals surface area contributed by atoms with Crippen molar-refractivity contribution in [3.05, 3.63) is 16.2 Å². The molecule has 0 unspecified atom stereocenters. The van der Waals surface area contributed by atoms with Crippen LogP contribution in [0.3, 0.4) is 0 Å². The summed E-state index contributed by atoms with van der Waals surface area (Å²) < 4.78 is 32.3. The van der Waals surface area contributed by atoms with Gasteiger partial charge in [-0.05, 0) is 19.8 Å². The molecule has 0 spiro atoms. The lowest BCUT2D eigenvalue weighted by Crippen LogP contribution is -2.47. The maximum absolute atomic E-state index is 12.2. The smallest absolute Gasteiger partial charge is 0.304 e. The second-order valence-corrected chi connectivity index (χ2v) is 7.65. The zero-order valence-corrected chi connectivity index (χ0v) is 13.3. The second-order valence-electron chi connectivity index (χ2n) is 4.65. The predicted molar refractivity (Wildman–Crippen MR) is 79.3 cm³/mol. The van der Waals surface area contributed by atoms with E-state index in [2.05, 4.69) is 10.0 Å². The average molecular weight is 335 g/mol. The van der Waals surface area contributed by atoms with Crippen LogP contribution in [0.15, 0.2) is 10.3 Å². The summed E-state index contributed by atoms with van der Waals surface area (Å²) in [5, 5.41) is 13.7. The fourth-order valence-electron chi connectivity index (χ4n) is 2.12. The number of thiophene rings is 1. The zero-order chi connectivity index (χ0) is 15.6. The summed E-state index contributed by atoms with van der Waals surface area (Å²) in [6.45, 7) is 2.49. The van der Waals surface area contributed by atoms with Crippen LogP contribution in [0.4, 0.5) is 10.7 Å². The van der Waals surface area contributed by atoms with Crippen LogP contribution in [0.5, 0.6) is 0 Å². The number of rotatable bonds is 7. The van der Waals surface area contributed by atoms with Crippen LogP contribution in [-0.2, 0) is 14.8 Å². The molecule has 118 valence electrons. The van der Waals surface area contributed by atoms with Crippen molar-refractivity contribution in [3.63, 3.8) is 0 Å². The number of sulfonamides is 1. The minimum Gasteiger partial charge on any atom is -0.378 e. The van der Waals surface area contributed by atoms with Gasteiger partial charge in [0, 0.05) is 25.8 Å². The summed E-state index contributed by atoms with van der Waals surface area (Å²) in [4.78, 5) is 10.3. The highest BCUT2D eigenvalue weighted by molar-refractivity contribution is 7.91. The summed E-state index contributed by atoms with van der Waals surface area (Å²) in [5.41, 5.74) is -0.233. The van der Waals surface area contributed by atoms with Gasteiger partial charge in [0.25, 0.3) is 10.0 Å². The van der Waals surface area contributed by atoms with Gasteiger partial charge in [0.05, 0.1) is 11.0 Å². The molecule has 0 amide bonds. The van der Waals surface area contributed by atoms with Crippen LogP contribution < -0.4 is 10.0 Å². The van der Waals surface area contributed by atoms with E-state index in [9.17, 15) is 18.5 Å². The summed E-state index contributed by atoms with van der Waals surface area (Å²) in [7, 11) is -2.22. The van der Waals surface area contributed by atoms with Gasteiger partial charge >= 0.3 is 5.69 Å². The first-order chi connectivity index (χ1) is 9.87. The average Bonchev–Trinajstić information content (AvgIpc) is 2.81. The van der Waals surface area contributed by atoms with E-state index in [1.165, 1.54) is 7.05 Å². The quantitative estimate of drug-likeness (QED) is 0.578. The number of hydrogen-bond donors (Lipinski definition) is 2. The van der Waals surface area contributed by atoms with Crippen molar-refractivity contribution in [2.75, 3.05) is 19.0 Å². The van der Waals surface area contributed by atoms with E-state index in [1.54, 1.807) is 0 Å². The maximum Gasteiger partial charge on any atom is 0.304 e. The molecule has 2 rings (SSSR count). The molecule has 0 radical (unpaired) electrons. The first-order valence-electron chi connectivity index (χ1n) is 6.47. The molecule has 0 aliphatic heterocycles. The summed E-state index contributed by atoms with van der Waals surface area (Å²) >= 11 is 0.848. The Balaban J connectivity index is 2.08. The van der Waals surface area contributed by atoms with E-state index >= 15 is 0 Å². The van der Waals surface area contributed by atoms with Crippen molar-refractivity contribution < 1.29 is 18.1 Å². The third kappa shape index (κ3) is 3.51. The number of nitro groups is 1. The van der Waals surface area contributed by atoms with E-state index in [4.69, 9.17) is 4.74 Å². The highest BCUT2D eigenvalue weighted by atomic mass is 32.2. The number of ether oxygens (including phenoxy) is 1. The summed E-state index contributed by atoms with van der Waals surface area (Å²) in [6.07, 6.45) is 1.34. The Morgan fingerprint density at radius 2 is 2.19 bits per heavy atom. The third-order valence-electron chi connectivity index (χ3n) is 3.20. The highest BCUT2D eigenvalue weighted by Gasteiger charge is 2.34. The monoisotopic (exact) mass is 335 g/mol. The Morgan fingerprint density at radius 1 is 1.52 bits per heavy atom. The predicted octanol–water partition coefficient (Wildman–Crippen LogP) is 1.54. The normalized spacial score (nSPS) is 21.8. The Bertz CT molecular complexity index is 622. The van der Waals surface area contributed by atoms with Crippen LogP contribution in [0.2, 0.25) is 0 Å². The lowest BCUT2D eigenvalue weighted by Gasteiger charge is -2.34. The molecular weight excluding hydrogens is 318 g/mol. The lowest BCUT2D eigenvalue weighted by molar-refractivity contribution is -0.383. The highest BCUT2D eigenvalue weighted by Crippen LogP contribution is 2.37. The number of hydrogen-bond acceptors (Lipinski definition) is 7. The standard InChI is InChI=1S/C11H17N3O5S2/c1-3-19-8-4-7(5-8)13-21(17,18)10-6-9(14(15)16)11(12-2)20-10/h6-8,12-13H,3-5H2,1-2H3. The van der Waals surface area contributed by atoms with Gasteiger partial charge in [0.2, 0.25) is 0 Å². The third-order valence-corrected chi connectivity index (χ3v) is 6.33. The van der Waals surface area contributed by atoms with Gasteiger partial charge in [0.15, 0.2) is 5.00 Å². The fourth-order valence-corrected chi connectivity index (χ4v) is 4.68. The molecule has 1 aliphatic rings. The van der Waals surface area contributed by atoms with Crippen LogP contribution in [0, 0.1) is 10.1 Å². The van der Waals surface area contributed by atoms with Gasteiger partial charge in [-0.1, -0.05) is 11.3 Å². The molecule has 8 nitrogen and oxygen atoms in total. The first kappa shape index (κ1) is 16.1. The minimum atomic E-state index is -3.74. The van der Waals surface area contributed by atoms with Crippen molar-refractivity contribution >= 4 is 32.0 Å². The van der Waals surface area contributed by atoms with E-state index in [0.29, 0.717) is 19.4 Å². The van der Waals surface area contributed by atoms with Gasteiger partial charge in [-0.15, -0.1) is 0 Å². The molecule has 0 aromatic carbocycles. The van der Waals surface area contributed by atoms with Gasteiger partial charge in [-0.25, -0.2) is 13.1 Å². The van der Waals surface area contributed by atoms with Gasteiger partial charge in [-0.3, -0.25) is 10.1 Å². The van der Waals surface area contributed by atoms with E-state index in [0.717, 1.165) is 17.4 Å². The fraction of sp³-hybridized carbons (Fsp3) is 0.636. The Labute approximate surface area is 126 Å². The topological polar surface area (TPSA) is 111 Å². The van der Waals surface area contributed by atoms with E-state index in [1.807, 2.05) is 6.92 Å². The molecule has 2 N–H and O–H groups in total. The lowest BCUT2D eigenvalue weighted by atomic mass is 9.90. The van der Waals surface area contributed by atoms with E-state index < -0.39 is 14.9 Å². The molecule has 1 aromatic heterocycles. The molecule has 0 saturated heterocycles. The SMILES string of the molecule is CCOC1CC(NS(=O)(=O)c2cc([N+](=O)[O-])c(NC)s2)C1. The van der Waals surface area contributed by atoms with Gasteiger partial charge in [-0.2, -0.15) is 0 Å². The molecule has 1 aromatic rings. The van der Waals surface area contributed by atoms with Crippen molar-refractivity contribution in [1.29, 1.82) is 0 Å². The Morgan fingerprint density at radius 3 is 2.67 bits per heavy atom. The second kappa shape index (κ2) is 6.26. The minimum absolute atomic E-state index is 0.0570. The van der Waals surface area contributed by atoms with Crippen molar-refractivity contribution in [3.8, 4) is 0 Å². The number of nitrogens with zero attached hydrogens (tertiary/aromatic N) is 1. The Kier molecular flexibility index (Phi) is 4.81. The molecule has 10 heteroatoms. The molecule has 0 atom stereocenters. The zero-order valence-electron chi connectivity index (χ0n) is 11.7. The molecule has 21 heavy (non-hydrogen) atoms. The largest absolute Gasteiger partial charge is 0.378 e. The molecule has 0 bridgehead atoms. The van der Waals surface area contributed by atoms with E-state index in [-0.39, 0.29) is 27.0 Å². The van der Waals surface area contributed by atoms with Crippen molar-refractivity contribution in [2.24, 2.45) is 0 Å². The molecule has 1 aliphatic carbocycles. The molecule has 1 fully saturated rings. The van der Waals surface area contributed by atoms with Crippen LogP contribution >= 0.6 is 11.3 Å². The Hall–Kier alpha value is -1.23. The summed E-state index contributed by atoms with van der Waals surface area (Å²) in [5.74, 6) is 0.